The molecule has 4 rings (SSSR count). The van der Waals surface area contributed by atoms with Gasteiger partial charge in [0.1, 0.15) is 5.03 Å². The van der Waals surface area contributed by atoms with Crippen LogP contribution in [-0.2, 0) is 4.79 Å². The number of anilines is 2. The van der Waals surface area contributed by atoms with Gasteiger partial charge in [0.15, 0.2) is 5.13 Å². The smallest absolute Gasteiger partial charge is 0.258 e. The molecule has 0 aliphatic heterocycles. The third kappa shape index (κ3) is 5.15. The molecule has 0 saturated carbocycles. The molecule has 2 aromatic heterocycles. The van der Waals surface area contributed by atoms with Crippen LogP contribution in [0.2, 0.25) is 0 Å². The van der Waals surface area contributed by atoms with Crippen molar-refractivity contribution in [3.63, 3.8) is 0 Å². The molecule has 2 heterocycles. The molecule has 0 atom stereocenters. The van der Waals surface area contributed by atoms with Gasteiger partial charge in [-0.05, 0) is 56.7 Å². The summed E-state index contributed by atoms with van der Waals surface area (Å²) in [5, 5.41) is 6.86. The first-order valence-electron chi connectivity index (χ1n) is 10.0. The lowest BCUT2D eigenvalue weighted by Crippen LogP contribution is -2.18. The van der Waals surface area contributed by atoms with E-state index in [1.54, 1.807) is 0 Å². The number of fused-ring (bicyclic) bond motifs is 1. The van der Waals surface area contributed by atoms with E-state index in [1.165, 1.54) is 23.1 Å². The minimum Gasteiger partial charge on any atom is -0.322 e. The molecule has 162 valence electrons. The van der Waals surface area contributed by atoms with E-state index in [4.69, 9.17) is 0 Å². The molecule has 8 heteroatoms. The first-order valence-corrected chi connectivity index (χ1v) is 11.8. The highest BCUT2D eigenvalue weighted by molar-refractivity contribution is 8.00. The molecule has 32 heavy (non-hydrogen) atoms. The largest absolute Gasteiger partial charge is 0.322 e. The van der Waals surface area contributed by atoms with Gasteiger partial charge in [0.05, 0.1) is 21.5 Å². The average molecular weight is 463 g/mol. The van der Waals surface area contributed by atoms with Gasteiger partial charge in [-0.1, -0.05) is 52.9 Å². The molecule has 0 aliphatic rings. The van der Waals surface area contributed by atoms with Crippen LogP contribution in [0.1, 0.15) is 27.2 Å². The van der Waals surface area contributed by atoms with Gasteiger partial charge in [-0.2, -0.15) is 0 Å². The number of pyridine rings is 1. The van der Waals surface area contributed by atoms with Gasteiger partial charge in [0.2, 0.25) is 5.91 Å². The summed E-state index contributed by atoms with van der Waals surface area (Å²) in [5.41, 5.74) is 4.77. The molecule has 0 unspecified atom stereocenters. The highest BCUT2D eigenvalue weighted by Gasteiger charge is 2.19. The second-order valence-corrected chi connectivity index (χ2v) is 9.40. The van der Waals surface area contributed by atoms with Crippen LogP contribution < -0.4 is 10.6 Å². The van der Waals surface area contributed by atoms with Crippen molar-refractivity contribution in [3.8, 4) is 0 Å². The Balaban J connectivity index is 1.48. The number of aryl methyl sites for hydroxylation is 3. The Morgan fingerprint density at radius 1 is 0.969 bits per heavy atom. The lowest BCUT2D eigenvalue weighted by atomic mass is 10.1. The van der Waals surface area contributed by atoms with Crippen LogP contribution >= 0.6 is 23.1 Å². The number of hydrogen-bond acceptors (Lipinski definition) is 6. The molecule has 0 spiro atoms. The zero-order valence-electron chi connectivity index (χ0n) is 17.9. The van der Waals surface area contributed by atoms with Crippen LogP contribution in [0.15, 0.2) is 59.6 Å². The maximum atomic E-state index is 13.0. The van der Waals surface area contributed by atoms with E-state index in [9.17, 15) is 9.59 Å². The number of aromatic nitrogens is 2. The number of para-hydroxylation sites is 1. The van der Waals surface area contributed by atoms with E-state index in [0.29, 0.717) is 21.4 Å². The van der Waals surface area contributed by atoms with Crippen molar-refractivity contribution in [1.29, 1.82) is 0 Å². The molecule has 6 nitrogen and oxygen atoms in total. The van der Waals surface area contributed by atoms with Gasteiger partial charge >= 0.3 is 0 Å². The number of thioether (sulfide) groups is 1. The molecule has 0 aliphatic carbocycles. The quantitative estimate of drug-likeness (QED) is 0.364. The number of rotatable bonds is 6. The number of carbonyl (C=O) groups excluding carboxylic acids is 2. The molecule has 2 aromatic carbocycles. The van der Waals surface area contributed by atoms with Crippen molar-refractivity contribution in [1.82, 2.24) is 9.97 Å². The average Bonchev–Trinajstić information content (AvgIpc) is 3.15. The van der Waals surface area contributed by atoms with Crippen molar-refractivity contribution in [2.24, 2.45) is 0 Å². The summed E-state index contributed by atoms with van der Waals surface area (Å²) in [7, 11) is 0. The highest BCUT2D eigenvalue weighted by atomic mass is 32.2. The predicted octanol–water partition coefficient (Wildman–Crippen LogP) is 5.60. The SMILES string of the molecule is Cc1ccc(NC(=O)c2c(C)cc(C)nc2SCC(=O)Nc2nc3ccccc3s2)cc1. The minimum atomic E-state index is -0.243. The number of benzene rings is 2. The van der Waals surface area contributed by atoms with Gasteiger partial charge in [-0.3, -0.25) is 9.59 Å². The molecule has 0 saturated heterocycles. The van der Waals surface area contributed by atoms with E-state index >= 15 is 0 Å². The maximum absolute atomic E-state index is 13.0. The zero-order chi connectivity index (χ0) is 22.7. The van der Waals surface area contributed by atoms with Crippen LogP contribution in [0.25, 0.3) is 10.2 Å². The fourth-order valence-corrected chi connectivity index (χ4v) is 5.06. The summed E-state index contributed by atoms with van der Waals surface area (Å²) < 4.78 is 1.02. The van der Waals surface area contributed by atoms with Crippen molar-refractivity contribution in [2.75, 3.05) is 16.4 Å². The fraction of sp³-hybridized carbons (Fsp3) is 0.167. The van der Waals surface area contributed by atoms with Crippen LogP contribution in [0, 0.1) is 20.8 Å². The van der Waals surface area contributed by atoms with E-state index in [2.05, 4.69) is 20.6 Å². The van der Waals surface area contributed by atoms with Gasteiger partial charge in [-0.15, -0.1) is 0 Å². The summed E-state index contributed by atoms with van der Waals surface area (Å²) in [6.07, 6.45) is 0. The van der Waals surface area contributed by atoms with Crippen molar-refractivity contribution in [3.05, 3.63) is 77.0 Å². The van der Waals surface area contributed by atoms with E-state index in [-0.39, 0.29) is 17.6 Å². The minimum absolute atomic E-state index is 0.122. The Morgan fingerprint density at radius 3 is 2.47 bits per heavy atom. The zero-order valence-corrected chi connectivity index (χ0v) is 19.6. The third-order valence-electron chi connectivity index (χ3n) is 4.73. The highest BCUT2D eigenvalue weighted by Crippen LogP contribution is 2.28. The standard InChI is InChI=1S/C24H22N4O2S2/c1-14-8-10-17(11-9-14)26-22(30)21-15(2)12-16(3)25-23(21)31-13-20(29)28-24-27-18-6-4-5-7-19(18)32-24/h4-12H,13H2,1-3H3,(H,26,30)(H,27,28,29). The van der Waals surface area contributed by atoms with Crippen LogP contribution in [0.5, 0.6) is 0 Å². The summed E-state index contributed by atoms with van der Waals surface area (Å²) >= 11 is 2.67. The molecule has 0 fully saturated rings. The summed E-state index contributed by atoms with van der Waals surface area (Å²) in [6.45, 7) is 5.75. The predicted molar refractivity (Wildman–Crippen MR) is 132 cm³/mol. The third-order valence-corrected chi connectivity index (χ3v) is 6.66. The first-order chi connectivity index (χ1) is 15.4. The molecule has 2 amide bonds. The molecule has 0 radical (unpaired) electrons. The summed E-state index contributed by atoms with van der Waals surface area (Å²) in [6, 6.07) is 17.2. The Hall–Kier alpha value is -3.23. The van der Waals surface area contributed by atoms with Gasteiger partial charge in [-0.25, -0.2) is 9.97 Å². The monoisotopic (exact) mass is 462 g/mol. The Kier molecular flexibility index (Phi) is 6.53. The second-order valence-electron chi connectivity index (χ2n) is 7.40. The van der Waals surface area contributed by atoms with Crippen LogP contribution in [0.4, 0.5) is 10.8 Å². The lowest BCUT2D eigenvalue weighted by molar-refractivity contribution is -0.113. The molecular weight excluding hydrogens is 440 g/mol. The van der Waals surface area contributed by atoms with Crippen LogP contribution in [0.3, 0.4) is 0 Å². The Labute approximate surface area is 194 Å². The Morgan fingerprint density at radius 2 is 1.72 bits per heavy atom. The number of hydrogen-bond donors (Lipinski definition) is 2. The summed E-state index contributed by atoms with van der Waals surface area (Å²) in [4.78, 5) is 34.5. The fourth-order valence-electron chi connectivity index (χ4n) is 3.23. The number of carbonyl (C=O) groups is 2. The van der Waals surface area contributed by atoms with Crippen molar-refractivity contribution >= 4 is 55.9 Å². The maximum Gasteiger partial charge on any atom is 0.258 e. The van der Waals surface area contributed by atoms with Gasteiger partial charge in [0.25, 0.3) is 5.91 Å². The molecule has 4 aromatic rings. The number of thiazole rings is 1. The number of nitrogens with one attached hydrogen (secondary N) is 2. The van der Waals surface area contributed by atoms with E-state index in [1.807, 2.05) is 75.4 Å². The molecule has 0 bridgehead atoms. The van der Waals surface area contributed by atoms with Gasteiger partial charge in [0, 0.05) is 11.4 Å². The molecule has 2 N–H and O–H groups in total. The number of amides is 2. The lowest BCUT2D eigenvalue weighted by Gasteiger charge is -2.13. The number of nitrogens with zero attached hydrogens (tertiary/aromatic N) is 2. The van der Waals surface area contributed by atoms with E-state index < -0.39 is 0 Å². The molecular formula is C24H22N4O2S2. The topological polar surface area (TPSA) is 84.0 Å². The van der Waals surface area contributed by atoms with Crippen LogP contribution in [-0.4, -0.2) is 27.5 Å². The van der Waals surface area contributed by atoms with Crippen molar-refractivity contribution < 1.29 is 9.59 Å². The normalized spacial score (nSPS) is 10.8. The Bertz CT molecular complexity index is 1270. The van der Waals surface area contributed by atoms with Crippen molar-refractivity contribution in [2.45, 2.75) is 25.8 Å². The first kappa shape index (κ1) is 22.0. The van der Waals surface area contributed by atoms with Gasteiger partial charge < -0.3 is 10.6 Å². The second kappa shape index (κ2) is 9.50. The van der Waals surface area contributed by atoms with E-state index in [0.717, 1.165) is 27.0 Å². The summed E-state index contributed by atoms with van der Waals surface area (Å²) in [5.74, 6) is -0.316.